The van der Waals surface area contributed by atoms with Gasteiger partial charge in [-0.3, -0.25) is 4.79 Å². The number of hydrogen-bond donors (Lipinski definition) is 1. The summed E-state index contributed by atoms with van der Waals surface area (Å²) in [5.41, 5.74) is 5.72. The van der Waals surface area contributed by atoms with Crippen molar-refractivity contribution >= 4 is 16.9 Å². The minimum Gasteiger partial charge on any atom is -0.493 e. The zero-order valence-electron chi connectivity index (χ0n) is 20.8. The lowest BCUT2D eigenvalue weighted by Gasteiger charge is -2.12. The molecule has 0 saturated heterocycles. The summed E-state index contributed by atoms with van der Waals surface area (Å²) in [6, 6.07) is 24.7. The van der Waals surface area contributed by atoms with Crippen molar-refractivity contribution in [1.82, 2.24) is 14.9 Å². The first-order valence-corrected chi connectivity index (χ1v) is 12.5. The minimum atomic E-state index is 0.0834. The van der Waals surface area contributed by atoms with Crippen LogP contribution in [-0.4, -0.2) is 28.6 Å². The lowest BCUT2D eigenvalue weighted by Crippen LogP contribution is -2.26. The molecule has 5 nitrogen and oxygen atoms in total. The number of para-hydroxylation sites is 2. The zero-order valence-corrected chi connectivity index (χ0v) is 20.8. The summed E-state index contributed by atoms with van der Waals surface area (Å²) in [5, 5.41) is 3.07. The molecule has 1 amide bonds. The number of nitrogens with one attached hydrogen (secondary N) is 1. The Bertz CT molecular complexity index is 1250. The van der Waals surface area contributed by atoms with Crippen LogP contribution in [0.4, 0.5) is 0 Å². The van der Waals surface area contributed by atoms with Crippen LogP contribution in [0, 0.1) is 13.8 Å². The van der Waals surface area contributed by atoms with Gasteiger partial charge < -0.3 is 14.6 Å². The Balaban J connectivity index is 1.28. The predicted molar refractivity (Wildman–Crippen MR) is 142 cm³/mol. The van der Waals surface area contributed by atoms with Crippen LogP contribution in [0.1, 0.15) is 41.8 Å². The summed E-state index contributed by atoms with van der Waals surface area (Å²) in [5.74, 6) is 2.08. The molecule has 5 heteroatoms. The van der Waals surface area contributed by atoms with E-state index < -0.39 is 0 Å². The molecule has 0 aliphatic rings. The fourth-order valence-electron chi connectivity index (χ4n) is 4.29. The van der Waals surface area contributed by atoms with Crippen molar-refractivity contribution in [2.75, 3.05) is 13.2 Å². The van der Waals surface area contributed by atoms with Gasteiger partial charge in [-0.15, -0.1) is 0 Å². The number of aromatic nitrogens is 2. The molecule has 182 valence electrons. The highest BCUT2D eigenvalue weighted by Crippen LogP contribution is 2.20. The highest BCUT2D eigenvalue weighted by molar-refractivity contribution is 5.77. The van der Waals surface area contributed by atoms with E-state index >= 15 is 0 Å². The molecule has 0 fully saturated rings. The second-order valence-electron chi connectivity index (χ2n) is 9.08. The van der Waals surface area contributed by atoms with E-state index in [0.717, 1.165) is 48.4 Å². The van der Waals surface area contributed by atoms with Crippen LogP contribution in [0.15, 0.2) is 72.8 Å². The van der Waals surface area contributed by atoms with Crippen molar-refractivity contribution < 1.29 is 9.53 Å². The van der Waals surface area contributed by atoms with Crippen molar-refractivity contribution in [3.8, 4) is 5.75 Å². The monoisotopic (exact) mass is 469 g/mol. The summed E-state index contributed by atoms with van der Waals surface area (Å²) in [6.07, 6.45) is 3.94. The number of imidazole rings is 1. The molecule has 0 aliphatic carbocycles. The lowest BCUT2D eigenvalue weighted by molar-refractivity contribution is -0.121. The number of hydrogen-bond acceptors (Lipinski definition) is 3. The van der Waals surface area contributed by atoms with Crippen LogP contribution in [-0.2, 0) is 24.2 Å². The first kappa shape index (κ1) is 24.5. The zero-order chi connectivity index (χ0) is 24.5. The highest BCUT2D eigenvalue weighted by atomic mass is 16.5. The van der Waals surface area contributed by atoms with Crippen LogP contribution in [0.5, 0.6) is 5.75 Å². The van der Waals surface area contributed by atoms with Gasteiger partial charge in [-0.2, -0.15) is 0 Å². The number of rotatable bonds is 12. The molecule has 0 spiro atoms. The smallest absolute Gasteiger partial charge is 0.220 e. The second kappa shape index (κ2) is 12.2. The second-order valence-corrected chi connectivity index (χ2v) is 9.08. The molecule has 0 bridgehead atoms. The number of ether oxygens (including phenoxy) is 1. The van der Waals surface area contributed by atoms with E-state index in [0.29, 0.717) is 26.0 Å². The largest absolute Gasteiger partial charge is 0.493 e. The Kier molecular flexibility index (Phi) is 8.55. The third-order valence-electron chi connectivity index (χ3n) is 6.27. The number of nitrogens with zero attached hydrogens (tertiary/aromatic N) is 2. The Morgan fingerprint density at radius 2 is 1.74 bits per heavy atom. The molecule has 0 unspecified atom stereocenters. The van der Waals surface area contributed by atoms with Gasteiger partial charge in [0.15, 0.2) is 0 Å². The van der Waals surface area contributed by atoms with Crippen molar-refractivity contribution in [3.63, 3.8) is 0 Å². The topological polar surface area (TPSA) is 56.1 Å². The Labute approximate surface area is 208 Å². The lowest BCUT2D eigenvalue weighted by atomic mass is 10.1. The molecule has 4 rings (SSSR count). The molecule has 0 aliphatic heterocycles. The van der Waals surface area contributed by atoms with Gasteiger partial charge in [0, 0.05) is 25.9 Å². The molecule has 4 aromatic rings. The van der Waals surface area contributed by atoms with Crippen LogP contribution in [0.3, 0.4) is 0 Å². The first-order valence-electron chi connectivity index (χ1n) is 12.5. The summed E-state index contributed by atoms with van der Waals surface area (Å²) in [4.78, 5) is 17.2. The first-order chi connectivity index (χ1) is 17.1. The summed E-state index contributed by atoms with van der Waals surface area (Å²) >= 11 is 0. The van der Waals surface area contributed by atoms with Gasteiger partial charge in [0.1, 0.15) is 11.6 Å². The standard InChI is InChI=1S/C30H35N3O2/c1-23-14-15-24(2)28(22-23)35-21-9-8-20-33-27-13-7-6-12-26(27)32-29(33)18-19-31-30(34)17-16-25-10-4-3-5-11-25/h3-7,10-15,22H,8-9,16-21H2,1-2H3,(H,31,34). The van der Waals surface area contributed by atoms with Gasteiger partial charge in [-0.1, -0.05) is 54.6 Å². The number of benzene rings is 3. The van der Waals surface area contributed by atoms with Gasteiger partial charge in [-0.05, 0) is 68.0 Å². The molecule has 1 heterocycles. The number of unbranched alkanes of at least 4 members (excludes halogenated alkanes) is 1. The number of amides is 1. The molecular weight excluding hydrogens is 434 g/mol. The Morgan fingerprint density at radius 3 is 2.60 bits per heavy atom. The summed E-state index contributed by atoms with van der Waals surface area (Å²) < 4.78 is 8.32. The average molecular weight is 470 g/mol. The summed E-state index contributed by atoms with van der Waals surface area (Å²) in [6.45, 7) is 6.34. The Hall–Kier alpha value is -3.60. The van der Waals surface area contributed by atoms with Crippen LogP contribution in [0.2, 0.25) is 0 Å². The van der Waals surface area contributed by atoms with E-state index in [-0.39, 0.29) is 5.91 Å². The average Bonchev–Trinajstić information content (AvgIpc) is 3.22. The number of carbonyl (C=O) groups excluding carboxylic acids is 1. The van der Waals surface area contributed by atoms with E-state index in [1.54, 1.807) is 0 Å². The number of aryl methyl sites for hydroxylation is 4. The minimum absolute atomic E-state index is 0.0834. The Morgan fingerprint density at radius 1 is 0.943 bits per heavy atom. The molecule has 0 saturated carbocycles. The van der Waals surface area contributed by atoms with Gasteiger partial charge in [-0.25, -0.2) is 4.98 Å². The molecule has 0 radical (unpaired) electrons. The van der Waals surface area contributed by atoms with E-state index in [1.165, 1.54) is 16.7 Å². The fraction of sp³-hybridized carbons (Fsp3) is 0.333. The number of fused-ring (bicyclic) bond motifs is 1. The van der Waals surface area contributed by atoms with Crippen molar-refractivity contribution in [3.05, 3.63) is 95.3 Å². The molecule has 35 heavy (non-hydrogen) atoms. The highest BCUT2D eigenvalue weighted by Gasteiger charge is 2.11. The summed E-state index contributed by atoms with van der Waals surface area (Å²) in [7, 11) is 0. The van der Waals surface area contributed by atoms with Crippen LogP contribution in [0.25, 0.3) is 11.0 Å². The quantitative estimate of drug-likeness (QED) is 0.267. The molecule has 1 N–H and O–H groups in total. The van der Waals surface area contributed by atoms with E-state index in [2.05, 4.69) is 72.3 Å². The molecule has 0 atom stereocenters. The third-order valence-corrected chi connectivity index (χ3v) is 6.27. The van der Waals surface area contributed by atoms with Crippen LogP contribution >= 0.6 is 0 Å². The molecule has 3 aromatic carbocycles. The third kappa shape index (κ3) is 6.95. The fourth-order valence-corrected chi connectivity index (χ4v) is 4.29. The van der Waals surface area contributed by atoms with Crippen molar-refractivity contribution in [1.29, 1.82) is 0 Å². The number of carbonyl (C=O) groups is 1. The van der Waals surface area contributed by atoms with Crippen LogP contribution < -0.4 is 10.1 Å². The normalized spacial score (nSPS) is 11.0. The maximum Gasteiger partial charge on any atom is 0.220 e. The van der Waals surface area contributed by atoms with Crippen molar-refractivity contribution in [2.24, 2.45) is 0 Å². The van der Waals surface area contributed by atoms with E-state index in [9.17, 15) is 4.79 Å². The maximum atomic E-state index is 12.3. The predicted octanol–water partition coefficient (Wildman–Crippen LogP) is 5.80. The van der Waals surface area contributed by atoms with Gasteiger partial charge >= 0.3 is 0 Å². The van der Waals surface area contributed by atoms with Crippen molar-refractivity contribution in [2.45, 2.75) is 52.5 Å². The maximum absolute atomic E-state index is 12.3. The molecular formula is C30H35N3O2. The van der Waals surface area contributed by atoms with Gasteiger partial charge in [0.25, 0.3) is 0 Å². The molecule has 1 aromatic heterocycles. The van der Waals surface area contributed by atoms with Gasteiger partial charge in [0.05, 0.1) is 17.6 Å². The van der Waals surface area contributed by atoms with E-state index in [1.807, 2.05) is 24.3 Å². The van der Waals surface area contributed by atoms with E-state index in [4.69, 9.17) is 9.72 Å². The SMILES string of the molecule is Cc1ccc(C)c(OCCCCn2c(CCNC(=O)CCc3ccccc3)nc3ccccc32)c1. The van der Waals surface area contributed by atoms with Gasteiger partial charge in [0.2, 0.25) is 5.91 Å².